The molecule has 0 aliphatic heterocycles. The standard InChI is InChI=1S/C17H17NO2/c1-3-20-17(19)10-12-5-7-16-14(9-12)13-8-11(2)4-6-15(13)18-16/h4-9,18H,3,10H2,1-2H3. The fourth-order valence-corrected chi connectivity index (χ4v) is 2.55. The molecule has 3 heteroatoms. The number of esters is 1. The van der Waals surface area contributed by atoms with Gasteiger partial charge in [-0.1, -0.05) is 17.7 Å². The number of ether oxygens (including phenoxy) is 1. The number of carbonyl (C=O) groups excluding carboxylic acids is 1. The third-order valence-corrected chi connectivity index (χ3v) is 3.47. The Labute approximate surface area is 117 Å². The molecule has 0 atom stereocenters. The van der Waals surface area contributed by atoms with Crippen LogP contribution in [-0.4, -0.2) is 17.6 Å². The van der Waals surface area contributed by atoms with Crippen LogP contribution in [0.4, 0.5) is 0 Å². The van der Waals surface area contributed by atoms with Gasteiger partial charge in [-0.2, -0.15) is 0 Å². The van der Waals surface area contributed by atoms with Crippen molar-refractivity contribution in [3.63, 3.8) is 0 Å². The molecule has 2 aromatic carbocycles. The Morgan fingerprint density at radius 3 is 2.55 bits per heavy atom. The lowest BCUT2D eigenvalue weighted by Gasteiger charge is -2.02. The van der Waals surface area contributed by atoms with Crippen molar-refractivity contribution in [3.05, 3.63) is 47.5 Å². The van der Waals surface area contributed by atoms with E-state index in [0.29, 0.717) is 13.0 Å². The molecular weight excluding hydrogens is 250 g/mol. The molecule has 0 aliphatic rings. The molecule has 1 aromatic heterocycles. The smallest absolute Gasteiger partial charge is 0.310 e. The predicted octanol–water partition coefficient (Wildman–Crippen LogP) is 3.74. The number of nitrogens with one attached hydrogen (secondary N) is 1. The van der Waals surface area contributed by atoms with Crippen molar-refractivity contribution < 1.29 is 9.53 Å². The zero-order valence-electron chi connectivity index (χ0n) is 11.7. The molecule has 0 spiro atoms. The number of carbonyl (C=O) groups is 1. The quantitative estimate of drug-likeness (QED) is 0.735. The van der Waals surface area contributed by atoms with Gasteiger partial charge in [0.15, 0.2) is 0 Å². The summed E-state index contributed by atoms with van der Waals surface area (Å²) < 4.78 is 5.00. The SMILES string of the molecule is CCOC(=O)Cc1ccc2[nH]c3ccc(C)cc3c2c1. The van der Waals surface area contributed by atoms with Gasteiger partial charge in [0, 0.05) is 21.8 Å². The molecule has 0 saturated heterocycles. The fourth-order valence-electron chi connectivity index (χ4n) is 2.55. The summed E-state index contributed by atoms with van der Waals surface area (Å²) in [5, 5.41) is 2.36. The maximum atomic E-state index is 11.6. The number of aromatic nitrogens is 1. The molecule has 102 valence electrons. The number of H-pyrrole nitrogens is 1. The van der Waals surface area contributed by atoms with Crippen LogP contribution in [0, 0.1) is 6.92 Å². The first kappa shape index (κ1) is 12.7. The first-order chi connectivity index (χ1) is 9.67. The van der Waals surface area contributed by atoms with E-state index in [0.717, 1.165) is 22.0 Å². The number of benzene rings is 2. The number of fused-ring (bicyclic) bond motifs is 3. The minimum Gasteiger partial charge on any atom is -0.466 e. The zero-order chi connectivity index (χ0) is 14.1. The van der Waals surface area contributed by atoms with E-state index in [4.69, 9.17) is 4.74 Å². The largest absolute Gasteiger partial charge is 0.466 e. The highest BCUT2D eigenvalue weighted by atomic mass is 16.5. The zero-order valence-corrected chi connectivity index (χ0v) is 11.7. The second kappa shape index (κ2) is 5.00. The predicted molar refractivity (Wildman–Crippen MR) is 80.9 cm³/mol. The molecule has 1 N–H and O–H groups in total. The molecule has 1 heterocycles. The Kier molecular flexibility index (Phi) is 3.18. The van der Waals surface area contributed by atoms with Crippen LogP contribution in [0.5, 0.6) is 0 Å². The summed E-state index contributed by atoms with van der Waals surface area (Å²) in [6, 6.07) is 12.4. The third kappa shape index (κ3) is 2.27. The highest BCUT2D eigenvalue weighted by Gasteiger charge is 2.08. The Balaban J connectivity index is 2.07. The van der Waals surface area contributed by atoms with Crippen molar-refractivity contribution in [1.82, 2.24) is 4.98 Å². The van der Waals surface area contributed by atoms with Crippen molar-refractivity contribution in [2.45, 2.75) is 20.3 Å². The molecule has 3 aromatic rings. The summed E-state index contributed by atoms with van der Waals surface area (Å²) in [6.07, 6.45) is 0.322. The molecular formula is C17H17NO2. The van der Waals surface area contributed by atoms with E-state index in [1.54, 1.807) is 0 Å². The van der Waals surface area contributed by atoms with Gasteiger partial charge in [0.05, 0.1) is 13.0 Å². The Bertz CT molecular complexity index is 786. The van der Waals surface area contributed by atoms with E-state index in [-0.39, 0.29) is 5.97 Å². The van der Waals surface area contributed by atoms with E-state index in [2.05, 4.69) is 36.2 Å². The number of hydrogen-bond acceptors (Lipinski definition) is 2. The average Bonchev–Trinajstić information content (AvgIpc) is 2.76. The number of aryl methyl sites for hydroxylation is 1. The van der Waals surface area contributed by atoms with Crippen LogP contribution < -0.4 is 0 Å². The summed E-state index contributed by atoms with van der Waals surface area (Å²) in [4.78, 5) is 15.0. The van der Waals surface area contributed by atoms with Crippen LogP contribution in [0.15, 0.2) is 36.4 Å². The lowest BCUT2D eigenvalue weighted by molar-refractivity contribution is -0.142. The molecule has 0 radical (unpaired) electrons. The topological polar surface area (TPSA) is 42.1 Å². The maximum absolute atomic E-state index is 11.6. The van der Waals surface area contributed by atoms with Gasteiger partial charge in [-0.15, -0.1) is 0 Å². The van der Waals surface area contributed by atoms with Gasteiger partial charge < -0.3 is 9.72 Å². The summed E-state index contributed by atoms with van der Waals surface area (Å²) in [5.41, 5.74) is 4.43. The van der Waals surface area contributed by atoms with Crippen LogP contribution in [-0.2, 0) is 16.0 Å². The number of aromatic amines is 1. The van der Waals surface area contributed by atoms with Gasteiger partial charge in [-0.3, -0.25) is 4.79 Å². The molecule has 0 amide bonds. The van der Waals surface area contributed by atoms with Crippen molar-refractivity contribution in [1.29, 1.82) is 0 Å². The monoisotopic (exact) mass is 267 g/mol. The molecule has 3 nitrogen and oxygen atoms in total. The minimum absolute atomic E-state index is 0.178. The highest BCUT2D eigenvalue weighted by molar-refractivity contribution is 6.07. The van der Waals surface area contributed by atoms with Gasteiger partial charge in [0.1, 0.15) is 0 Å². The summed E-state index contributed by atoms with van der Waals surface area (Å²) in [7, 11) is 0. The van der Waals surface area contributed by atoms with E-state index in [1.807, 2.05) is 19.1 Å². The van der Waals surface area contributed by atoms with E-state index < -0.39 is 0 Å². The Morgan fingerprint density at radius 2 is 1.80 bits per heavy atom. The molecule has 0 unspecified atom stereocenters. The number of hydrogen-bond donors (Lipinski definition) is 1. The van der Waals surface area contributed by atoms with E-state index >= 15 is 0 Å². The minimum atomic E-state index is -0.178. The molecule has 0 saturated carbocycles. The van der Waals surface area contributed by atoms with Crippen LogP contribution in [0.3, 0.4) is 0 Å². The normalized spacial score (nSPS) is 11.1. The molecule has 0 fully saturated rings. The molecule has 20 heavy (non-hydrogen) atoms. The van der Waals surface area contributed by atoms with E-state index in [9.17, 15) is 4.79 Å². The van der Waals surface area contributed by atoms with Gasteiger partial charge in [0.25, 0.3) is 0 Å². The molecule has 3 rings (SSSR count). The summed E-state index contributed by atoms with van der Waals surface area (Å²) in [5.74, 6) is -0.178. The lowest BCUT2D eigenvalue weighted by atomic mass is 10.1. The van der Waals surface area contributed by atoms with Gasteiger partial charge in [-0.05, 0) is 43.7 Å². The van der Waals surface area contributed by atoms with E-state index in [1.165, 1.54) is 10.9 Å². The van der Waals surface area contributed by atoms with Crippen LogP contribution >= 0.6 is 0 Å². The summed E-state index contributed by atoms with van der Waals surface area (Å²) in [6.45, 7) is 4.33. The van der Waals surface area contributed by atoms with Crippen molar-refractivity contribution in [2.24, 2.45) is 0 Å². The average molecular weight is 267 g/mol. The highest BCUT2D eigenvalue weighted by Crippen LogP contribution is 2.27. The van der Waals surface area contributed by atoms with Crippen LogP contribution in [0.2, 0.25) is 0 Å². The van der Waals surface area contributed by atoms with Crippen LogP contribution in [0.1, 0.15) is 18.1 Å². The van der Waals surface area contributed by atoms with Crippen molar-refractivity contribution in [2.75, 3.05) is 6.61 Å². The molecule has 0 aliphatic carbocycles. The molecule has 0 bridgehead atoms. The second-order valence-electron chi connectivity index (χ2n) is 5.04. The lowest BCUT2D eigenvalue weighted by Crippen LogP contribution is -2.07. The maximum Gasteiger partial charge on any atom is 0.310 e. The number of rotatable bonds is 3. The third-order valence-electron chi connectivity index (χ3n) is 3.47. The summed E-state index contributed by atoms with van der Waals surface area (Å²) >= 11 is 0. The van der Waals surface area contributed by atoms with Gasteiger partial charge >= 0.3 is 5.97 Å². The van der Waals surface area contributed by atoms with Gasteiger partial charge in [0.2, 0.25) is 0 Å². The first-order valence-corrected chi connectivity index (χ1v) is 6.84. The van der Waals surface area contributed by atoms with Crippen molar-refractivity contribution in [3.8, 4) is 0 Å². The van der Waals surface area contributed by atoms with Crippen LogP contribution in [0.25, 0.3) is 21.8 Å². The van der Waals surface area contributed by atoms with Crippen molar-refractivity contribution >= 4 is 27.8 Å². The fraction of sp³-hybridized carbons (Fsp3) is 0.235. The van der Waals surface area contributed by atoms with Gasteiger partial charge in [-0.25, -0.2) is 0 Å². The first-order valence-electron chi connectivity index (χ1n) is 6.84. The second-order valence-corrected chi connectivity index (χ2v) is 5.04. The Morgan fingerprint density at radius 1 is 1.10 bits per heavy atom. The Hall–Kier alpha value is -2.29.